The van der Waals surface area contributed by atoms with E-state index in [1.165, 1.54) is 0 Å². The van der Waals surface area contributed by atoms with Gasteiger partial charge in [0.2, 0.25) is 0 Å². The minimum Gasteiger partial charge on any atom is -0.381 e. The molecule has 0 aliphatic carbocycles. The van der Waals surface area contributed by atoms with Gasteiger partial charge in [0.1, 0.15) is 6.10 Å². The average molecular weight is 341 g/mol. The summed E-state index contributed by atoms with van der Waals surface area (Å²) in [6.07, 6.45) is 1.76. The third-order valence-corrected chi connectivity index (χ3v) is 4.54. The zero-order valence-corrected chi connectivity index (χ0v) is 14.5. The minimum atomic E-state index is -0.260. The molecule has 1 saturated heterocycles. The number of carbonyl (C=O) groups is 1. The normalized spacial score (nSPS) is 16.8. The van der Waals surface area contributed by atoms with Crippen LogP contribution in [0.5, 0.6) is 0 Å². The summed E-state index contributed by atoms with van der Waals surface area (Å²) in [7, 11) is 3.44. The molecule has 1 aliphatic heterocycles. The Hall–Kier alpha value is -1.30. The van der Waals surface area contributed by atoms with Crippen LogP contribution >= 0.6 is 11.6 Å². The molecule has 0 radical (unpaired) electrons. The van der Waals surface area contributed by atoms with Crippen LogP contribution in [0.25, 0.3) is 0 Å². The molecule has 6 heteroatoms. The van der Waals surface area contributed by atoms with Gasteiger partial charge in [0.25, 0.3) is 0 Å². The van der Waals surface area contributed by atoms with Crippen LogP contribution in [0.1, 0.15) is 24.5 Å². The van der Waals surface area contributed by atoms with Crippen LogP contribution in [0, 0.1) is 5.92 Å². The fourth-order valence-electron chi connectivity index (χ4n) is 2.77. The molecule has 2 rings (SSSR count). The molecule has 1 aliphatic rings. The first-order chi connectivity index (χ1) is 11.1. The molecule has 1 heterocycles. The van der Waals surface area contributed by atoms with Crippen molar-refractivity contribution < 1.29 is 14.3 Å². The maximum absolute atomic E-state index is 12.2. The molecule has 2 amide bonds. The number of nitrogens with zero attached hydrogens (tertiary/aromatic N) is 1. The number of rotatable bonds is 6. The van der Waals surface area contributed by atoms with Gasteiger partial charge in [-0.1, -0.05) is 29.8 Å². The maximum Gasteiger partial charge on any atom is 0.317 e. The van der Waals surface area contributed by atoms with Gasteiger partial charge in [-0.2, -0.15) is 0 Å². The van der Waals surface area contributed by atoms with E-state index in [1.807, 2.05) is 31.3 Å². The summed E-state index contributed by atoms with van der Waals surface area (Å²) >= 11 is 6.19. The third kappa shape index (κ3) is 5.37. The predicted molar refractivity (Wildman–Crippen MR) is 90.8 cm³/mol. The first-order valence-electron chi connectivity index (χ1n) is 7.95. The Kier molecular flexibility index (Phi) is 7.15. The predicted octanol–water partition coefficient (Wildman–Crippen LogP) is 3.10. The van der Waals surface area contributed by atoms with E-state index in [-0.39, 0.29) is 12.1 Å². The lowest BCUT2D eigenvalue weighted by molar-refractivity contribution is 0.0580. The highest BCUT2D eigenvalue weighted by Gasteiger charge is 2.20. The Morgan fingerprint density at radius 1 is 1.43 bits per heavy atom. The first kappa shape index (κ1) is 18.0. The van der Waals surface area contributed by atoms with Crippen LogP contribution in [0.4, 0.5) is 4.79 Å². The molecule has 0 unspecified atom stereocenters. The molecule has 1 N–H and O–H groups in total. The van der Waals surface area contributed by atoms with Gasteiger partial charge >= 0.3 is 6.03 Å². The van der Waals surface area contributed by atoms with E-state index in [2.05, 4.69) is 5.32 Å². The van der Waals surface area contributed by atoms with E-state index in [0.717, 1.165) is 38.2 Å². The zero-order valence-electron chi connectivity index (χ0n) is 13.8. The number of nitrogens with one attached hydrogen (secondary N) is 1. The van der Waals surface area contributed by atoms with E-state index in [4.69, 9.17) is 21.1 Å². The van der Waals surface area contributed by atoms with Gasteiger partial charge in [-0.25, -0.2) is 4.79 Å². The summed E-state index contributed by atoms with van der Waals surface area (Å²) in [5.74, 6) is 0.515. The number of hydrogen-bond donors (Lipinski definition) is 1. The van der Waals surface area contributed by atoms with Crippen molar-refractivity contribution in [2.45, 2.75) is 18.9 Å². The van der Waals surface area contributed by atoms with E-state index < -0.39 is 0 Å². The van der Waals surface area contributed by atoms with Gasteiger partial charge in [-0.3, -0.25) is 0 Å². The van der Waals surface area contributed by atoms with Crippen LogP contribution < -0.4 is 5.32 Å². The molecule has 128 valence electrons. The molecular formula is C17H25ClN2O3. The van der Waals surface area contributed by atoms with Gasteiger partial charge in [-0.15, -0.1) is 0 Å². The number of benzene rings is 1. The Morgan fingerprint density at radius 2 is 2.13 bits per heavy atom. The van der Waals surface area contributed by atoms with Crippen molar-refractivity contribution in [3.8, 4) is 0 Å². The van der Waals surface area contributed by atoms with Gasteiger partial charge in [0.15, 0.2) is 0 Å². The summed E-state index contributed by atoms with van der Waals surface area (Å²) in [6, 6.07) is 7.42. The van der Waals surface area contributed by atoms with E-state index >= 15 is 0 Å². The van der Waals surface area contributed by atoms with Gasteiger partial charge in [-0.05, 0) is 24.8 Å². The number of hydrogen-bond acceptors (Lipinski definition) is 3. The number of methoxy groups -OCH3 is 1. The van der Waals surface area contributed by atoms with E-state index in [9.17, 15) is 4.79 Å². The lowest BCUT2D eigenvalue weighted by Crippen LogP contribution is -2.42. The summed E-state index contributed by atoms with van der Waals surface area (Å²) in [4.78, 5) is 14.0. The second kappa shape index (κ2) is 9.11. The molecule has 0 aromatic heterocycles. The molecule has 1 aromatic rings. The summed E-state index contributed by atoms with van der Waals surface area (Å²) in [5.41, 5.74) is 0.879. The second-order valence-electron chi connectivity index (χ2n) is 5.87. The van der Waals surface area contributed by atoms with Crippen molar-refractivity contribution in [1.82, 2.24) is 10.2 Å². The van der Waals surface area contributed by atoms with Crippen molar-refractivity contribution in [3.63, 3.8) is 0 Å². The smallest absolute Gasteiger partial charge is 0.317 e. The Balaban J connectivity index is 1.83. The fraction of sp³-hybridized carbons (Fsp3) is 0.588. The number of ether oxygens (including phenoxy) is 2. The van der Waals surface area contributed by atoms with Crippen LogP contribution in [-0.4, -0.2) is 51.4 Å². The molecule has 0 spiro atoms. The standard InChI is InChI=1S/C17H25ClN2O3/c1-20(12-13-7-9-23-10-8-13)17(21)19-11-16(22-2)14-5-3-4-6-15(14)18/h3-6,13,16H,7-12H2,1-2H3,(H,19,21)/t16-/m0/s1. The summed E-state index contributed by atoms with van der Waals surface area (Å²) < 4.78 is 10.8. The highest BCUT2D eigenvalue weighted by atomic mass is 35.5. The molecule has 5 nitrogen and oxygen atoms in total. The van der Waals surface area contributed by atoms with E-state index in [1.54, 1.807) is 12.0 Å². The highest BCUT2D eigenvalue weighted by molar-refractivity contribution is 6.31. The molecule has 0 bridgehead atoms. The monoisotopic (exact) mass is 340 g/mol. The topological polar surface area (TPSA) is 50.8 Å². The van der Waals surface area contributed by atoms with Gasteiger partial charge < -0.3 is 19.7 Å². The van der Waals surface area contributed by atoms with Gasteiger partial charge in [0, 0.05) is 51.0 Å². The number of amides is 2. The summed E-state index contributed by atoms with van der Waals surface area (Å²) in [6.45, 7) is 2.72. The molecule has 23 heavy (non-hydrogen) atoms. The van der Waals surface area contributed by atoms with E-state index in [0.29, 0.717) is 17.5 Å². The van der Waals surface area contributed by atoms with Crippen molar-refractivity contribution in [1.29, 1.82) is 0 Å². The lowest BCUT2D eigenvalue weighted by Gasteiger charge is -2.28. The zero-order chi connectivity index (χ0) is 16.7. The average Bonchev–Trinajstić information content (AvgIpc) is 2.57. The fourth-order valence-corrected chi connectivity index (χ4v) is 3.03. The van der Waals surface area contributed by atoms with Crippen molar-refractivity contribution in [3.05, 3.63) is 34.9 Å². The van der Waals surface area contributed by atoms with Crippen molar-refractivity contribution in [2.75, 3.05) is 40.5 Å². The van der Waals surface area contributed by atoms with Crippen LogP contribution in [0.15, 0.2) is 24.3 Å². The number of urea groups is 1. The largest absolute Gasteiger partial charge is 0.381 e. The minimum absolute atomic E-state index is 0.0920. The highest BCUT2D eigenvalue weighted by Crippen LogP contribution is 2.24. The van der Waals surface area contributed by atoms with Crippen LogP contribution in [0.2, 0.25) is 5.02 Å². The Labute approximate surface area is 142 Å². The molecule has 1 fully saturated rings. The number of carbonyl (C=O) groups excluding carboxylic acids is 1. The molecule has 1 aromatic carbocycles. The molecule has 1 atom stereocenters. The Bertz CT molecular complexity index is 506. The van der Waals surface area contributed by atoms with Gasteiger partial charge in [0.05, 0.1) is 0 Å². The third-order valence-electron chi connectivity index (χ3n) is 4.19. The first-order valence-corrected chi connectivity index (χ1v) is 8.33. The second-order valence-corrected chi connectivity index (χ2v) is 6.28. The SMILES string of the molecule is CO[C@@H](CNC(=O)N(C)CC1CCOCC1)c1ccccc1Cl. The summed E-state index contributed by atoms with van der Waals surface area (Å²) in [5, 5.41) is 3.56. The van der Waals surface area contributed by atoms with Crippen molar-refractivity contribution in [2.24, 2.45) is 5.92 Å². The maximum atomic E-state index is 12.2. The lowest BCUT2D eigenvalue weighted by atomic mass is 10.00. The Morgan fingerprint density at radius 3 is 2.78 bits per heavy atom. The van der Waals surface area contributed by atoms with Crippen molar-refractivity contribution >= 4 is 17.6 Å². The van der Waals surface area contributed by atoms with Crippen LogP contribution in [-0.2, 0) is 9.47 Å². The number of halogens is 1. The molecule has 0 saturated carbocycles. The molecular weight excluding hydrogens is 316 g/mol. The quantitative estimate of drug-likeness (QED) is 0.865. The van der Waals surface area contributed by atoms with Crippen LogP contribution in [0.3, 0.4) is 0 Å².